The minimum atomic E-state index is -0.0405. The van der Waals surface area contributed by atoms with Crippen LogP contribution in [0.15, 0.2) is 12.1 Å². The van der Waals surface area contributed by atoms with E-state index in [9.17, 15) is 0 Å². The first-order valence-electron chi connectivity index (χ1n) is 16.2. The molecule has 4 rings (SSSR count). The molecule has 3 N–H and O–H groups in total. The molecule has 4 aromatic rings. The van der Waals surface area contributed by atoms with Gasteiger partial charge in [-0.15, -0.1) is 32.8 Å². The van der Waals surface area contributed by atoms with Crippen LogP contribution in [0.5, 0.6) is 0 Å². The average molecular weight is 558 g/mol. The van der Waals surface area contributed by atoms with Crippen LogP contribution >= 0.6 is 0 Å². The normalized spacial score (nSPS) is 11.5. The van der Waals surface area contributed by atoms with Gasteiger partial charge in [-0.2, -0.15) is 0 Å². The third-order valence-electron chi connectivity index (χ3n) is 11.5. The molecule has 44 heavy (non-hydrogen) atoms. The van der Waals surface area contributed by atoms with Crippen molar-refractivity contribution < 1.29 is 0 Å². The van der Waals surface area contributed by atoms with Crippen molar-refractivity contribution >= 4 is 203 Å². The van der Waals surface area contributed by atoms with Crippen molar-refractivity contribution in [3.8, 4) is 22.3 Å². The smallest absolute Gasteiger partial charge is 0.141 e. The number of hydrogen-bond acceptors (Lipinski definition) is 2. The fourth-order valence-corrected chi connectivity index (χ4v) is 7.04. The van der Waals surface area contributed by atoms with Gasteiger partial charge in [0.2, 0.25) is 0 Å². The van der Waals surface area contributed by atoms with Crippen molar-refractivity contribution in [3.05, 3.63) is 17.7 Å². The highest BCUT2D eigenvalue weighted by molar-refractivity contribution is 6.70. The molecule has 0 fully saturated rings. The van der Waals surface area contributed by atoms with Crippen LogP contribution in [0.4, 0.5) is 17.1 Å². The lowest BCUT2D eigenvalue weighted by Crippen LogP contribution is -2.55. The summed E-state index contributed by atoms with van der Waals surface area (Å²) in [5.74, 6) is 0. The standard InChI is InChI=1S/C28H42B14N2/c1-28(2,3)6-4-7(9-11(29)15(33)19(37)16(34)12(9)30)26(44-27-24(42)22(40)21(39)23(41)25(27)43)8(5-6)10-13(31)17(35)20(38)18(36)14(10)32/h4-5,44H,29-43H2,1-3H3. The molecule has 206 valence electrons. The zero-order chi connectivity index (χ0) is 33.3. The summed E-state index contributed by atoms with van der Waals surface area (Å²) in [6.45, 7) is 6.98. The molecule has 0 bridgehead atoms. The summed E-state index contributed by atoms with van der Waals surface area (Å²) in [6, 6.07) is 4.90. The second-order valence-electron chi connectivity index (χ2n) is 14.6. The van der Waals surface area contributed by atoms with Gasteiger partial charge in [0.15, 0.2) is 0 Å². The quantitative estimate of drug-likeness (QED) is 0.193. The monoisotopic (exact) mass is 560 g/mol. The Bertz CT molecular complexity index is 1700. The Kier molecular flexibility index (Phi) is 9.31. The average Bonchev–Trinajstić information content (AvgIpc) is 2.97. The molecule has 0 heterocycles. The van der Waals surface area contributed by atoms with Crippen LogP contribution in [0, 0.1) is 0 Å². The Morgan fingerprint density at radius 1 is 0.432 bits per heavy atom. The van der Waals surface area contributed by atoms with Gasteiger partial charge in [-0.3, -0.25) is 0 Å². The molecule has 4 aromatic carbocycles. The van der Waals surface area contributed by atoms with Gasteiger partial charge in [0.05, 0.1) is 11.4 Å². The predicted molar refractivity (Wildman–Crippen MR) is 245 cm³/mol. The Hall–Kier alpha value is -2.61. The van der Waals surface area contributed by atoms with Gasteiger partial charge in [-0.1, -0.05) is 64.5 Å². The molecular formula is C28H42B14N2. The fourth-order valence-electron chi connectivity index (χ4n) is 7.04. The molecule has 0 aromatic heterocycles. The van der Waals surface area contributed by atoms with Gasteiger partial charge in [0.1, 0.15) is 110 Å². The number of hydrogen-bond donors (Lipinski definition) is 2. The molecule has 0 amide bonds. The number of rotatable bonds is 4. The molecule has 0 radical (unpaired) electrons. The Labute approximate surface area is 279 Å². The molecule has 16 heteroatoms. The van der Waals surface area contributed by atoms with Crippen LogP contribution in [-0.4, -0.2) is 110 Å². The van der Waals surface area contributed by atoms with E-state index in [4.69, 9.17) is 5.73 Å². The zero-order valence-corrected chi connectivity index (χ0v) is 30.7. The lowest BCUT2D eigenvalue weighted by molar-refractivity contribution is 0.591. The number of benzene rings is 4. The molecule has 0 aliphatic carbocycles. The minimum absolute atomic E-state index is 0.0405. The van der Waals surface area contributed by atoms with E-state index >= 15 is 0 Å². The maximum absolute atomic E-state index is 6.97. The van der Waals surface area contributed by atoms with Gasteiger partial charge >= 0.3 is 0 Å². The van der Waals surface area contributed by atoms with Crippen LogP contribution in [-0.2, 0) is 5.41 Å². The lowest BCUT2D eigenvalue weighted by Gasteiger charge is -2.31. The van der Waals surface area contributed by atoms with Crippen molar-refractivity contribution in [1.82, 2.24) is 0 Å². The molecule has 0 unspecified atom stereocenters. The summed E-state index contributed by atoms with van der Waals surface area (Å²) in [6.07, 6.45) is 0. The SMILES string of the molecule is Bc1c(B)c(B)c(-c2cc(C(C)(C)C)cc(-c3c(B)c(B)c(B)c(B)c3B)c2Nc2c(B)c(B)c(B)c(B)c2N)c(B)c1B. The highest BCUT2D eigenvalue weighted by Gasteiger charge is 2.26. The first kappa shape index (κ1) is 34.3. The number of nitrogens with one attached hydrogen (secondary N) is 1. The van der Waals surface area contributed by atoms with Crippen molar-refractivity contribution in [1.29, 1.82) is 0 Å². The lowest BCUT2D eigenvalue weighted by atomic mass is 9.58. The highest BCUT2D eigenvalue weighted by Crippen LogP contribution is 2.40. The number of nitrogens with two attached hydrogens (primary N) is 1. The summed E-state index contributed by atoms with van der Waals surface area (Å²) in [5, 5.41) is 4.05. The highest BCUT2D eigenvalue weighted by atomic mass is 14.9. The van der Waals surface area contributed by atoms with E-state index in [1.54, 1.807) is 0 Å². The third-order valence-corrected chi connectivity index (χ3v) is 11.5. The van der Waals surface area contributed by atoms with Crippen LogP contribution in [0.3, 0.4) is 0 Å². The predicted octanol–water partition coefficient (Wildman–Crippen LogP) is -16.7. The second kappa shape index (κ2) is 12.0. The zero-order valence-electron chi connectivity index (χ0n) is 30.7. The van der Waals surface area contributed by atoms with Crippen LogP contribution in [0.2, 0.25) is 0 Å². The Morgan fingerprint density at radius 2 is 0.727 bits per heavy atom. The van der Waals surface area contributed by atoms with E-state index in [2.05, 4.69) is 148 Å². The Morgan fingerprint density at radius 3 is 1.07 bits per heavy atom. The molecule has 0 spiro atoms. The van der Waals surface area contributed by atoms with Gasteiger partial charge < -0.3 is 11.1 Å². The first-order chi connectivity index (χ1) is 20.2. The van der Waals surface area contributed by atoms with Gasteiger partial charge in [-0.25, -0.2) is 0 Å². The maximum atomic E-state index is 6.97. The van der Waals surface area contributed by atoms with Gasteiger partial charge in [-0.05, 0) is 34.2 Å². The molecule has 0 aliphatic heterocycles. The first-order valence-corrected chi connectivity index (χ1v) is 16.2. The number of anilines is 3. The number of nitrogen functional groups attached to an aromatic ring is 1. The molecular weight excluding hydrogens is 516 g/mol. The maximum Gasteiger partial charge on any atom is 0.141 e. The van der Waals surface area contributed by atoms with Gasteiger partial charge in [0, 0.05) is 16.8 Å². The third kappa shape index (κ3) is 5.43. The van der Waals surface area contributed by atoms with Crippen molar-refractivity contribution in [2.24, 2.45) is 0 Å². The molecule has 0 saturated heterocycles. The topological polar surface area (TPSA) is 38.0 Å². The van der Waals surface area contributed by atoms with E-state index < -0.39 is 0 Å². The molecule has 0 atom stereocenters. The minimum Gasteiger partial charge on any atom is -0.398 e. The largest absolute Gasteiger partial charge is 0.398 e. The molecule has 0 saturated carbocycles. The summed E-state index contributed by atoms with van der Waals surface area (Å²) in [5.41, 5.74) is 34.9. The van der Waals surface area contributed by atoms with Gasteiger partial charge in [0.25, 0.3) is 0 Å². The Balaban J connectivity index is 2.33. The van der Waals surface area contributed by atoms with E-state index in [1.165, 1.54) is 98.8 Å². The van der Waals surface area contributed by atoms with E-state index in [1.807, 2.05) is 0 Å². The van der Waals surface area contributed by atoms with Crippen molar-refractivity contribution in [3.63, 3.8) is 0 Å². The summed E-state index contributed by atoms with van der Waals surface area (Å²) >= 11 is 0. The van der Waals surface area contributed by atoms with Crippen LogP contribution < -0.4 is 87.5 Å². The summed E-state index contributed by atoms with van der Waals surface area (Å²) in [7, 11) is 31.6. The summed E-state index contributed by atoms with van der Waals surface area (Å²) < 4.78 is 0. The van der Waals surface area contributed by atoms with E-state index in [0.29, 0.717) is 0 Å². The summed E-state index contributed by atoms with van der Waals surface area (Å²) in [4.78, 5) is 0. The van der Waals surface area contributed by atoms with Crippen LogP contribution in [0.1, 0.15) is 26.3 Å². The van der Waals surface area contributed by atoms with Crippen molar-refractivity contribution in [2.75, 3.05) is 11.1 Å². The van der Waals surface area contributed by atoms with Crippen molar-refractivity contribution in [2.45, 2.75) is 26.2 Å². The molecule has 0 aliphatic rings. The second-order valence-corrected chi connectivity index (χ2v) is 14.6. The van der Waals surface area contributed by atoms with E-state index in [-0.39, 0.29) is 5.41 Å². The van der Waals surface area contributed by atoms with E-state index in [0.717, 1.165) is 22.5 Å². The molecule has 2 nitrogen and oxygen atoms in total. The van der Waals surface area contributed by atoms with Crippen LogP contribution in [0.25, 0.3) is 22.3 Å². The fraction of sp³-hybridized carbons (Fsp3) is 0.143.